The molecule has 0 bridgehead atoms. The SMILES string of the molecule is CC[C@H]1Sc2ccc(S(=O)(=O)CCC(=O)NCc3cccnc3)cc2NC1=O. The number of hydrogen-bond donors (Lipinski definition) is 2. The molecule has 1 aliphatic rings. The van der Waals surface area contributed by atoms with Gasteiger partial charge in [0, 0.05) is 30.3 Å². The average Bonchev–Trinajstić information content (AvgIpc) is 2.70. The molecular weight excluding hydrogens is 398 g/mol. The van der Waals surface area contributed by atoms with Crippen LogP contribution in [0.3, 0.4) is 0 Å². The number of benzene rings is 1. The summed E-state index contributed by atoms with van der Waals surface area (Å²) in [5, 5.41) is 5.29. The van der Waals surface area contributed by atoms with Gasteiger partial charge in [-0.25, -0.2) is 8.42 Å². The fourth-order valence-corrected chi connectivity index (χ4v) is 5.01. The zero-order valence-electron chi connectivity index (χ0n) is 15.3. The second-order valence-electron chi connectivity index (χ2n) is 6.37. The van der Waals surface area contributed by atoms with Gasteiger partial charge < -0.3 is 10.6 Å². The van der Waals surface area contributed by atoms with Gasteiger partial charge >= 0.3 is 0 Å². The van der Waals surface area contributed by atoms with Gasteiger partial charge in [-0.3, -0.25) is 14.6 Å². The molecule has 1 aromatic heterocycles. The van der Waals surface area contributed by atoms with Gasteiger partial charge in [-0.1, -0.05) is 13.0 Å². The van der Waals surface area contributed by atoms with Crippen molar-refractivity contribution in [1.82, 2.24) is 10.3 Å². The van der Waals surface area contributed by atoms with Crippen molar-refractivity contribution in [3.05, 3.63) is 48.3 Å². The van der Waals surface area contributed by atoms with Gasteiger partial charge in [0.2, 0.25) is 11.8 Å². The van der Waals surface area contributed by atoms with Crippen molar-refractivity contribution in [3.63, 3.8) is 0 Å². The molecule has 1 atom stereocenters. The zero-order chi connectivity index (χ0) is 20.1. The minimum Gasteiger partial charge on any atom is -0.352 e. The smallest absolute Gasteiger partial charge is 0.237 e. The van der Waals surface area contributed by atoms with Crippen LogP contribution < -0.4 is 10.6 Å². The first-order chi connectivity index (χ1) is 13.4. The summed E-state index contributed by atoms with van der Waals surface area (Å²) in [7, 11) is -3.64. The van der Waals surface area contributed by atoms with Gasteiger partial charge in [-0.05, 0) is 36.2 Å². The Hall–Kier alpha value is -2.39. The molecule has 3 rings (SSSR count). The number of fused-ring (bicyclic) bond motifs is 1. The number of nitrogens with one attached hydrogen (secondary N) is 2. The lowest BCUT2D eigenvalue weighted by molar-refractivity contribution is -0.121. The van der Waals surface area contributed by atoms with Crippen LogP contribution in [-0.4, -0.2) is 36.2 Å². The number of sulfone groups is 1. The minimum atomic E-state index is -3.64. The Morgan fingerprint density at radius 2 is 2.14 bits per heavy atom. The maximum absolute atomic E-state index is 12.6. The average molecular weight is 420 g/mol. The summed E-state index contributed by atoms with van der Waals surface area (Å²) in [4.78, 5) is 28.9. The van der Waals surface area contributed by atoms with E-state index in [0.717, 1.165) is 10.5 Å². The number of nitrogens with zero attached hydrogens (tertiary/aromatic N) is 1. The quantitative estimate of drug-likeness (QED) is 0.714. The Bertz CT molecular complexity index is 978. The van der Waals surface area contributed by atoms with E-state index in [9.17, 15) is 18.0 Å². The molecule has 0 saturated heterocycles. The number of amides is 2. The van der Waals surface area contributed by atoms with E-state index < -0.39 is 9.84 Å². The van der Waals surface area contributed by atoms with E-state index >= 15 is 0 Å². The fourth-order valence-electron chi connectivity index (χ4n) is 2.73. The summed E-state index contributed by atoms with van der Waals surface area (Å²) in [6.07, 6.45) is 3.84. The van der Waals surface area contributed by atoms with Gasteiger partial charge in [-0.2, -0.15) is 0 Å². The molecule has 9 heteroatoms. The first-order valence-corrected chi connectivity index (χ1v) is 11.4. The summed E-state index contributed by atoms with van der Waals surface area (Å²) < 4.78 is 25.2. The molecule has 148 valence electrons. The number of carbonyl (C=O) groups excluding carboxylic acids is 2. The largest absolute Gasteiger partial charge is 0.352 e. The molecule has 0 unspecified atom stereocenters. The first kappa shape index (κ1) is 20.3. The Morgan fingerprint density at radius 1 is 1.32 bits per heavy atom. The number of pyridine rings is 1. The first-order valence-electron chi connectivity index (χ1n) is 8.89. The summed E-state index contributed by atoms with van der Waals surface area (Å²) in [6, 6.07) is 8.29. The maximum atomic E-state index is 12.6. The summed E-state index contributed by atoms with van der Waals surface area (Å²) in [5.74, 6) is -0.770. The lowest BCUT2D eigenvalue weighted by Gasteiger charge is -2.23. The molecule has 2 amide bonds. The molecular formula is C19H21N3O4S2. The van der Waals surface area contributed by atoms with Crippen molar-refractivity contribution in [2.75, 3.05) is 11.1 Å². The highest BCUT2D eigenvalue weighted by Gasteiger charge is 2.27. The Kier molecular flexibility index (Phi) is 6.35. The number of carbonyl (C=O) groups is 2. The molecule has 0 fully saturated rings. The second-order valence-corrected chi connectivity index (χ2v) is 9.72. The van der Waals surface area contributed by atoms with Gasteiger partial charge in [0.25, 0.3) is 0 Å². The van der Waals surface area contributed by atoms with Gasteiger partial charge in [0.15, 0.2) is 9.84 Å². The van der Waals surface area contributed by atoms with E-state index in [-0.39, 0.29) is 34.1 Å². The predicted octanol–water partition coefficient (Wildman–Crippen LogP) is 2.38. The molecule has 2 N–H and O–H groups in total. The fraction of sp³-hybridized carbons (Fsp3) is 0.316. The summed E-state index contributed by atoms with van der Waals surface area (Å²) >= 11 is 1.43. The van der Waals surface area contributed by atoms with Crippen LogP contribution in [-0.2, 0) is 26.0 Å². The maximum Gasteiger partial charge on any atom is 0.237 e. The van der Waals surface area contributed by atoms with Crippen LogP contribution in [0.2, 0.25) is 0 Å². The second kappa shape index (κ2) is 8.74. The van der Waals surface area contributed by atoms with Crippen molar-refractivity contribution < 1.29 is 18.0 Å². The molecule has 1 aromatic carbocycles. The van der Waals surface area contributed by atoms with E-state index in [1.807, 2.05) is 13.0 Å². The third-order valence-electron chi connectivity index (χ3n) is 4.31. The van der Waals surface area contributed by atoms with Gasteiger partial charge in [-0.15, -0.1) is 11.8 Å². The normalized spacial score (nSPS) is 16.2. The van der Waals surface area contributed by atoms with E-state index in [2.05, 4.69) is 15.6 Å². The topological polar surface area (TPSA) is 105 Å². The van der Waals surface area contributed by atoms with Crippen LogP contribution in [0.15, 0.2) is 52.5 Å². The van der Waals surface area contributed by atoms with E-state index in [1.165, 1.54) is 23.9 Å². The molecule has 1 aliphatic heterocycles. The third kappa shape index (κ3) is 4.90. The van der Waals surface area contributed by atoms with Gasteiger partial charge in [0.1, 0.15) is 0 Å². The van der Waals surface area contributed by atoms with Crippen LogP contribution in [0, 0.1) is 0 Å². The molecule has 2 aromatic rings. The Balaban J connectivity index is 1.61. The standard InChI is InChI=1S/C19H21N3O4S2/c1-2-16-19(24)22-15-10-14(5-6-17(15)27-16)28(25,26)9-7-18(23)21-12-13-4-3-8-20-11-13/h3-6,8,10-11,16H,2,7,9,12H2,1H3,(H,21,23)(H,22,24)/t16-/m1/s1. The van der Waals surface area contributed by atoms with Crippen molar-refractivity contribution in [2.24, 2.45) is 0 Å². The van der Waals surface area contributed by atoms with E-state index in [0.29, 0.717) is 18.7 Å². The Morgan fingerprint density at radius 3 is 2.86 bits per heavy atom. The highest BCUT2D eigenvalue weighted by Crippen LogP contribution is 2.38. The van der Waals surface area contributed by atoms with Gasteiger partial charge in [0.05, 0.1) is 21.6 Å². The Labute approximate surface area is 168 Å². The van der Waals surface area contributed by atoms with E-state index in [4.69, 9.17) is 0 Å². The zero-order valence-corrected chi connectivity index (χ0v) is 17.0. The lowest BCUT2D eigenvalue weighted by Crippen LogP contribution is -2.28. The number of aromatic nitrogens is 1. The minimum absolute atomic E-state index is 0.0992. The van der Waals surface area contributed by atoms with Crippen molar-refractivity contribution >= 4 is 39.1 Å². The van der Waals surface area contributed by atoms with Crippen LogP contribution in [0.5, 0.6) is 0 Å². The number of hydrogen-bond acceptors (Lipinski definition) is 6. The third-order valence-corrected chi connectivity index (χ3v) is 7.47. The van der Waals surface area contributed by atoms with E-state index in [1.54, 1.807) is 24.5 Å². The molecule has 0 spiro atoms. The molecule has 28 heavy (non-hydrogen) atoms. The number of thioether (sulfide) groups is 1. The molecule has 0 radical (unpaired) electrons. The molecule has 0 saturated carbocycles. The van der Waals surface area contributed by atoms with Crippen LogP contribution in [0.1, 0.15) is 25.3 Å². The highest BCUT2D eigenvalue weighted by atomic mass is 32.2. The number of anilines is 1. The lowest BCUT2D eigenvalue weighted by atomic mass is 10.2. The van der Waals surface area contributed by atoms with Crippen LogP contribution >= 0.6 is 11.8 Å². The molecule has 7 nitrogen and oxygen atoms in total. The summed E-state index contributed by atoms with van der Waals surface area (Å²) in [5.41, 5.74) is 1.34. The summed E-state index contributed by atoms with van der Waals surface area (Å²) in [6.45, 7) is 2.23. The highest BCUT2D eigenvalue weighted by molar-refractivity contribution is 8.01. The predicted molar refractivity (Wildman–Crippen MR) is 108 cm³/mol. The molecule has 0 aliphatic carbocycles. The van der Waals surface area contributed by atoms with Crippen molar-refractivity contribution in [1.29, 1.82) is 0 Å². The molecule has 2 heterocycles. The van der Waals surface area contributed by atoms with Crippen LogP contribution in [0.4, 0.5) is 5.69 Å². The van der Waals surface area contributed by atoms with Crippen molar-refractivity contribution in [2.45, 2.75) is 41.4 Å². The van der Waals surface area contributed by atoms with Crippen LogP contribution in [0.25, 0.3) is 0 Å². The number of rotatable bonds is 7. The monoisotopic (exact) mass is 419 g/mol. The van der Waals surface area contributed by atoms with Crippen molar-refractivity contribution in [3.8, 4) is 0 Å².